The van der Waals surface area contributed by atoms with Crippen LogP contribution in [0.2, 0.25) is 0 Å². The quantitative estimate of drug-likeness (QED) is 0.457. The van der Waals surface area contributed by atoms with Gasteiger partial charge in [-0.05, 0) is 42.3 Å². The Kier molecular flexibility index (Phi) is 5.75. The molecular formula is C23H24N6OS. The summed E-state index contributed by atoms with van der Waals surface area (Å²) in [5, 5.41) is 7.59. The number of benzene rings is 2. The van der Waals surface area contributed by atoms with Crippen LogP contribution in [-0.4, -0.2) is 46.2 Å². The number of hydrogen-bond acceptors (Lipinski definition) is 8. The molecule has 2 N–H and O–H groups in total. The first-order valence-electron chi connectivity index (χ1n) is 10.3. The van der Waals surface area contributed by atoms with Crippen LogP contribution in [0.1, 0.15) is 11.1 Å². The lowest BCUT2D eigenvalue weighted by molar-refractivity contribution is 0.0342. The Balaban J connectivity index is 1.30. The van der Waals surface area contributed by atoms with Gasteiger partial charge in [0.1, 0.15) is 11.0 Å². The Morgan fingerprint density at radius 1 is 1.00 bits per heavy atom. The molecule has 0 bridgehead atoms. The van der Waals surface area contributed by atoms with Gasteiger partial charge in [0.25, 0.3) is 0 Å². The highest BCUT2D eigenvalue weighted by atomic mass is 32.1. The minimum absolute atomic E-state index is 0.682. The standard InChI is InChI=1S/C23H24N6OS/c1-16-3-2-4-19(13-16)26-21-20-22(25-15-24-21)28-23(31-20)27-18-7-5-17(6-8-18)14-29-9-11-30-12-10-29/h2-8,13,15H,9-12,14H2,1H3,(H2,24,25,26,27,28). The van der Waals surface area contributed by atoms with E-state index in [9.17, 15) is 0 Å². The molecule has 2 aromatic heterocycles. The molecule has 5 rings (SSSR count). The molecule has 0 amide bonds. The highest BCUT2D eigenvalue weighted by Crippen LogP contribution is 2.32. The summed E-state index contributed by atoms with van der Waals surface area (Å²) in [6.07, 6.45) is 1.55. The average Bonchev–Trinajstić information content (AvgIpc) is 3.19. The van der Waals surface area contributed by atoms with Crippen LogP contribution in [-0.2, 0) is 11.3 Å². The smallest absolute Gasteiger partial charge is 0.189 e. The minimum Gasteiger partial charge on any atom is -0.379 e. The number of rotatable bonds is 6. The molecule has 0 saturated carbocycles. The number of fused-ring (bicyclic) bond motifs is 1. The van der Waals surface area contributed by atoms with Crippen molar-refractivity contribution in [3.8, 4) is 0 Å². The van der Waals surface area contributed by atoms with Gasteiger partial charge in [0.05, 0.1) is 13.2 Å². The monoisotopic (exact) mass is 432 g/mol. The van der Waals surface area contributed by atoms with Crippen LogP contribution in [0.3, 0.4) is 0 Å². The van der Waals surface area contributed by atoms with Gasteiger partial charge in [-0.25, -0.2) is 9.97 Å². The molecule has 4 aromatic rings. The van der Waals surface area contributed by atoms with Crippen molar-refractivity contribution in [1.82, 2.24) is 19.9 Å². The second-order valence-electron chi connectivity index (χ2n) is 7.60. The Labute approximate surface area is 185 Å². The fourth-order valence-corrected chi connectivity index (χ4v) is 4.47. The number of ether oxygens (including phenoxy) is 1. The van der Waals surface area contributed by atoms with Crippen molar-refractivity contribution < 1.29 is 4.74 Å². The van der Waals surface area contributed by atoms with Gasteiger partial charge < -0.3 is 15.4 Å². The average molecular weight is 433 g/mol. The van der Waals surface area contributed by atoms with Crippen LogP contribution in [0.25, 0.3) is 10.3 Å². The minimum atomic E-state index is 0.682. The summed E-state index contributed by atoms with van der Waals surface area (Å²) in [5.41, 5.74) is 5.18. The Morgan fingerprint density at radius 2 is 1.84 bits per heavy atom. The van der Waals surface area contributed by atoms with E-state index < -0.39 is 0 Å². The molecule has 0 spiro atoms. The third-order valence-corrected chi connectivity index (χ3v) is 6.15. The van der Waals surface area contributed by atoms with E-state index in [2.05, 4.69) is 73.8 Å². The van der Waals surface area contributed by atoms with Gasteiger partial charge in [0, 0.05) is 31.0 Å². The fourth-order valence-electron chi connectivity index (χ4n) is 3.59. The highest BCUT2D eigenvalue weighted by Gasteiger charge is 2.13. The van der Waals surface area contributed by atoms with Crippen LogP contribution in [0.4, 0.5) is 22.3 Å². The van der Waals surface area contributed by atoms with Gasteiger partial charge in [-0.15, -0.1) is 0 Å². The van der Waals surface area contributed by atoms with E-state index in [-0.39, 0.29) is 0 Å². The molecule has 8 heteroatoms. The molecule has 0 aliphatic carbocycles. The largest absolute Gasteiger partial charge is 0.379 e. The first kappa shape index (κ1) is 19.9. The summed E-state index contributed by atoms with van der Waals surface area (Å²) in [5.74, 6) is 0.766. The molecule has 1 fully saturated rings. The zero-order valence-corrected chi connectivity index (χ0v) is 18.2. The van der Waals surface area contributed by atoms with Gasteiger partial charge in [-0.3, -0.25) is 4.90 Å². The molecule has 0 radical (unpaired) electrons. The van der Waals surface area contributed by atoms with Crippen LogP contribution in [0.5, 0.6) is 0 Å². The fraction of sp³-hybridized carbons (Fsp3) is 0.261. The van der Waals surface area contributed by atoms with Gasteiger partial charge in [0.15, 0.2) is 16.6 Å². The summed E-state index contributed by atoms with van der Waals surface area (Å²) in [7, 11) is 0. The Bertz CT molecular complexity index is 1170. The van der Waals surface area contributed by atoms with Crippen molar-refractivity contribution in [3.05, 3.63) is 66.0 Å². The predicted molar refractivity (Wildman–Crippen MR) is 125 cm³/mol. The van der Waals surface area contributed by atoms with Crippen LogP contribution in [0, 0.1) is 6.92 Å². The topological polar surface area (TPSA) is 75.2 Å². The molecule has 0 unspecified atom stereocenters. The number of thiazole rings is 1. The first-order valence-corrected chi connectivity index (χ1v) is 11.2. The molecule has 1 saturated heterocycles. The summed E-state index contributed by atoms with van der Waals surface area (Å²) >= 11 is 1.54. The molecule has 31 heavy (non-hydrogen) atoms. The zero-order valence-electron chi connectivity index (χ0n) is 17.3. The summed E-state index contributed by atoms with van der Waals surface area (Å²) in [6.45, 7) is 6.65. The van der Waals surface area contributed by atoms with Gasteiger partial charge >= 0.3 is 0 Å². The van der Waals surface area contributed by atoms with Gasteiger partial charge in [0.2, 0.25) is 0 Å². The summed E-state index contributed by atoms with van der Waals surface area (Å²) in [6, 6.07) is 16.7. The van der Waals surface area contributed by atoms with E-state index in [0.717, 1.165) is 59.9 Å². The van der Waals surface area contributed by atoms with Gasteiger partial charge in [-0.1, -0.05) is 35.6 Å². The van der Waals surface area contributed by atoms with Crippen molar-refractivity contribution in [2.75, 3.05) is 36.9 Å². The third kappa shape index (κ3) is 4.82. The van der Waals surface area contributed by atoms with Crippen LogP contribution in [0.15, 0.2) is 54.9 Å². The lowest BCUT2D eigenvalue weighted by atomic mass is 10.2. The van der Waals surface area contributed by atoms with E-state index in [1.165, 1.54) is 11.1 Å². The van der Waals surface area contributed by atoms with Crippen molar-refractivity contribution >= 4 is 44.0 Å². The second kappa shape index (κ2) is 8.97. The summed E-state index contributed by atoms with van der Waals surface area (Å²) < 4.78 is 6.35. The summed E-state index contributed by atoms with van der Waals surface area (Å²) in [4.78, 5) is 15.8. The maximum Gasteiger partial charge on any atom is 0.189 e. The molecular weight excluding hydrogens is 408 g/mol. The van der Waals surface area contributed by atoms with Crippen LogP contribution >= 0.6 is 11.3 Å². The number of anilines is 4. The van der Waals surface area contributed by atoms with Crippen molar-refractivity contribution in [2.24, 2.45) is 0 Å². The maximum atomic E-state index is 5.42. The highest BCUT2D eigenvalue weighted by molar-refractivity contribution is 7.22. The van der Waals surface area contributed by atoms with E-state index in [1.54, 1.807) is 17.7 Å². The second-order valence-corrected chi connectivity index (χ2v) is 8.60. The normalized spacial score (nSPS) is 14.6. The molecule has 3 heterocycles. The van der Waals surface area contributed by atoms with Crippen molar-refractivity contribution in [3.63, 3.8) is 0 Å². The van der Waals surface area contributed by atoms with Crippen LogP contribution < -0.4 is 10.6 Å². The third-order valence-electron chi connectivity index (χ3n) is 5.19. The molecule has 0 atom stereocenters. The lowest BCUT2D eigenvalue weighted by Gasteiger charge is -2.26. The van der Waals surface area contributed by atoms with E-state index in [1.807, 2.05) is 12.1 Å². The predicted octanol–water partition coefficient (Wildman–Crippen LogP) is 4.71. The molecule has 1 aliphatic rings. The molecule has 2 aromatic carbocycles. The number of hydrogen-bond donors (Lipinski definition) is 2. The first-order chi connectivity index (χ1) is 15.2. The Morgan fingerprint density at radius 3 is 2.65 bits per heavy atom. The van der Waals surface area contributed by atoms with E-state index >= 15 is 0 Å². The number of nitrogens with one attached hydrogen (secondary N) is 2. The molecule has 1 aliphatic heterocycles. The van der Waals surface area contributed by atoms with Crippen molar-refractivity contribution in [2.45, 2.75) is 13.5 Å². The van der Waals surface area contributed by atoms with E-state index in [0.29, 0.717) is 5.65 Å². The molecule has 7 nitrogen and oxygen atoms in total. The van der Waals surface area contributed by atoms with Gasteiger partial charge in [-0.2, -0.15) is 4.98 Å². The van der Waals surface area contributed by atoms with E-state index in [4.69, 9.17) is 4.74 Å². The van der Waals surface area contributed by atoms with Crippen molar-refractivity contribution in [1.29, 1.82) is 0 Å². The number of aromatic nitrogens is 3. The number of nitrogens with zero attached hydrogens (tertiary/aromatic N) is 4. The SMILES string of the molecule is Cc1cccc(Nc2ncnc3nc(Nc4ccc(CN5CCOCC5)cc4)sc23)c1. The number of aryl methyl sites for hydroxylation is 1. The number of morpholine rings is 1. The lowest BCUT2D eigenvalue weighted by Crippen LogP contribution is -2.35. The Hall–Kier alpha value is -3.07. The zero-order chi connectivity index (χ0) is 21.0. The molecule has 158 valence electrons. The maximum absolute atomic E-state index is 5.42.